The highest BCUT2D eigenvalue weighted by Crippen LogP contribution is 2.17. The zero-order valence-electron chi connectivity index (χ0n) is 15.5. The van der Waals surface area contributed by atoms with Gasteiger partial charge in [0, 0.05) is 31.4 Å². The number of rotatable bonds is 6. The minimum Gasteiger partial charge on any atom is -0.497 e. The molecular weight excluding hydrogens is 447 g/mol. The molecule has 138 valence electrons. The van der Waals surface area contributed by atoms with Crippen LogP contribution >= 0.6 is 35.3 Å². The molecular formula is C18H27IN4OS. The predicted molar refractivity (Wildman–Crippen MR) is 117 cm³/mol. The van der Waals surface area contributed by atoms with Crippen molar-refractivity contribution in [2.75, 3.05) is 20.7 Å². The second-order valence-electron chi connectivity index (χ2n) is 5.71. The van der Waals surface area contributed by atoms with Crippen LogP contribution in [0.1, 0.15) is 26.7 Å². The number of methoxy groups -OCH3 is 1. The van der Waals surface area contributed by atoms with E-state index >= 15 is 0 Å². The van der Waals surface area contributed by atoms with Crippen LogP contribution in [-0.4, -0.2) is 31.6 Å². The summed E-state index contributed by atoms with van der Waals surface area (Å²) >= 11 is 1.76. The highest BCUT2D eigenvalue weighted by Gasteiger charge is 2.05. The molecule has 0 bridgehead atoms. The Morgan fingerprint density at radius 2 is 1.96 bits per heavy atom. The molecule has 2 aromatic rings. The summed E-state index contributed by atoms with van der Waals surface area (Å²) in [7, 11) is 3.47. The van der Waals surface area contributed by atoms with Crippen LogP contribution < -0.4 is 15.4 Å². The van der Waals surface area contributed by atoms with E-state index in [9.17, 15) is 0 Å². The first kappa shape index (κ1) is 21.7. The number of hydrogen-bond acceptors (Lipinski definition) is 4. The number of thiazole rings is 1. The van der Waals surface area contributed by atoms with Gasteiger partial charge in [-0.2, -0.15) is 0 Å². The van der Waals surface area contributed by atoms with Gasteiger partial charge in [0.05, 0.1) is 17.8 Å². The lowest BCUT2D eigenvalue weighted by Crippen LogP contribution is -2.37. The van der Waals surface area contributed by atoms with Crippen LogP contribution in [0.25, 0.3) is 0 Å². The third-order valence-corrected chi connectivity index (χ3v) is 4.87. The molecule has 7 heteroatoms. The van der Waals surface area contributed by atoms with E-state index < -0.39 is 0 Å². The van der Waals surface area contributed by atoms with Gasteiger partial charge in [-0.3, -0.25) is 4.99 Å². The van der Waals surface area contributed by atoms with Crippen molar-refractivity contribution in [1.82, 2.24) is 15.6 Å². The van der Waals surface area contributed by atoms with Crippen molar-refractivity contribution in [2.45, 2.75) is 33.7 Å². The molecule has 0 amide bonds. The Bertz CT molecular complexity index is 696. The molecule has 0 fully saturated rings. The molecule has 2 rings (SSSR count). The number of nitrogens with one attached hydrogen (secondary N) is 2. The van der Waals surface area contributed by atoms with Gasteiger partial charge in [0.25, 0.3) is 0 Å². The number of ether oxygens (including phenoxy) is 1. The highest BCUT2D eigenvalue weighted by atomic mass is 127. The zero-order chi connectivity index (χ0) is 17.5. The molecule has 25 heavy (non-hydrogen) atoms. The first-order valence-corrected chi connectivity index (χ1v) is 8.85. The smallest absolute Gasteiger partial charge is 0.191 e. The third kappa shape index (κ3) is 6.81. The lowest BCUT2D eigenvalue weighted by molar-refractivity contribution is 0.414. The van der Waals surface area contributed by atoms with Crippen LogP contribution in [0.3, 0.4) is 0 Å². The maximum absolute atomic E-state index is 5.31. The lowest BCUT2D eigenvalue weighted by Gasteiger charge is -2.12. The number of aromatic nitrogens is 1. The molecule has 1 aromatic heterocycles. The van der Waals surface area contributed by atoms with Crippen molar-refractivity contribution in [2.24, 2.45) is 4.99 Å². The standard InChI is InChI=1S/C18H26N4OS.HI/c1-12-8-15(10-16(9-12)23-5)11-21-18(19-4)20-7-6-17-22-13(2)14(3)24-17;/h8-10H,6-7,11H2,1-5H3,(H2,19,20,21);1H. The van der Waals surface area contributed by atoms with Gasteiger partial charge in [-0.15, -0.1) is 35.3 Å². The molecule has 5 nitrogen and oxygen atoms in total. The first-order valence-electron chi connectivity index (χ1n) is 8.03. The predicted octanol–water partition coefficient (Wildman–Crippen LogP) is 3.60. The van der Waals surface area contributed by atoms with Crippen LogP contribution in [0.5, 0.6) is 5.75 Å². The summed E-state index contributed by atoms with van der Waals surface area (Å²) in [6.45, 7) is 7.74. The van der Waals surface area contributed by atoms with Gasteiger partial charge < -0.3 is 15.4 Å². The second-order valence-corrected chi connectivity index (χ2v) is 7.00. The van der Waals surface area contributed by atoms with E-state index in [1.54, 1.807) is 25.5 Å². The largest absolute Gasteiger partial charge is 0.497 e. The zero-order valence-corrected chi connectivity index (χ0v) is 18.6. The molecule has 0 aliphatic rings. The Labute approximate surface area is 171 Å². The number of nitrogens with zero attached hydrogens (tertiary/aromatic N) is 2. The van der Waals surface area contributed by atoms with Crippen molar-refractivity contribution in [1.29, 1.82) is 0 Å². The fraction of sp³-hybridized carbons (Fsp3) is 0.444. The monoisotopic (exact) mass is 474 g/mol. The summed E-state index contributed by atoms with van der Waals surface area (Å²) in [6.07, 6.45) is 0.901. The van der Waals surface area contributed by atoms with Gasteiger partial charge >= 0.3 is 0 Å². The lowest BCUT2D eigenvalue weighted by atomic mass is 10.1. The van der Waals surface area contributed by atoms with Crippen LogP contribution in [-0.2, 0) is 13.0 Å². The van der Waals surface area contributed by atoms with E-state index in [4.69, 9.17) is 4.74 Å². The first-order chi connectivity index (χ1) is 11.5. The molecule has 0 saturated carbocycles. The molecule has 1 heterocycles. The highest BCUT2D eigenvalue weighted by molar-refractivity contribution is 14.0. The number of aryl methyl sites for hydroxylation is 3. The number of aliphatic imine (C=N–C) groups is 1. The van der Waals surface area contributed by atoms with Crippen molar-refractivity contribution in [3.05, 3.63) is 44.9 Å². The summed E-state index contributed by atoms with van der Waals surface area (Å²) in [5, 5.41) is 7.83. The van der Waals surface area contributed by atoms with Crippen molar-refractivity contribution >= 4 is 41.3 Å². The maximum Gasteiger partial charge on any atom is 0.191 e. The van der Waals surface area contributed by atoms with E-state index in [1.165, 1.54) is 16.0 Å². The average molecular weight is 474 g/mol. The Balaban J connectivity index is 0.00000312. The summed E-state index contributed by atoms with van der Waals surface area (Å²) in [4.78, 5) is 10.1. The minimum absolute atomic E-state index is 0. The van der Waals surface area contributed by atoms with Gasteiger partial charge in [0.15, 0.2) is 5.96 Å². The number of benzene rings is 1. The SMILES string of the molecule is CN=C(NCCc1nc(C)c(C)s1)NCc1cc(C)cc(OC)c1.I. The fourth-order valence-corrected chi connectivity index (χ4v) is 3.32. The number of hydrogen-bond donors (Lipinski definition) is 2. The van der Waals surface area contributed by atoms with Crippen molar-refractivity contribution in [3.8, 4) is 5.75 Å². The van der Waals surface area contributed by atoms with E-state index in [1.807, 2.05) is 12.1 Å². The Hall–Kier alpha value is -1.35. The molecule has 0 unspecified atom stereocenters. The molecule has 2 N–H and O–H groups in total. The van der Waals surface area contributed by atoms with Gasteiger partial charge in [0.2, 0.25) is 0 Å². The second kappa shape index (κ2) is 10.6. The Morgan fingerprint density at radius 1 is 1.20 bits per heavy atom. The van der Waals surface area contributed by atoms with E-state index in [0.717, 1.165) is 35.4 Å². The topological polar surface area (TPSA) is 58.5 Å². The molecule has 0 atom stereocenters. The van der Waals surface area contributed by atoms with E-state index in [-0.39, 0.29) is 24.0 Å². The number of guanidine groups is 1. The fourth-order valence-electron chi connectivity index (χ4n) is 2.38. The van der Waals surface area contributed by atoms with Gasteiger partial charge in [-0.25, -0.2) is 4.98 Å². The molecule has 0 spiro atoms. The van der Waals surface area contributed by atoms with Crippen LogP contribution in [0, 0.1) is 20.8 Å². The quantitative estimate of drug-likeness (QED) is 0.382. The van der Waals surface area contributed by atoms with E-state index in [0.29, 0.717) is 6.54 Å². The summed E-state index contributed by atoms with van der Waals surface area (Å²) < 4.78 is 5.31. The molecule has 0 radical (unpaired) electrons. The number of halogens is 1. The van der Waals surface area contributed by atoms with Crippen molar-refractivity contribution < 1.29 is 4.74 Å². The summed E-state index contributed by atoms with van der Waals surface area (Å²) in [5.74, 6) is 1.67. The Morgan fingerprint density at radius 3 is 2.56 bits per heavy atom. The van der Waals surface area contributed by atoms with Gasteiger partial charge in [0.1, 0.15) is 5.75 Å². The minimum atomic E-state index is 0. The third-order valence-electron chi connectivity index (χ3n) is 3.73. The molecule has 0 saturated heterocycles. The Kier molecular flexibility index (Phi) is 9.20. The van der Waals surface area contributed by atoms with E-state index in [2.05, 4.69) is 47.4 Å². The summed E-state index contributed by atoms with van der Waals surface area (Å²) in [6, 6.07) is 6.20. The molecule has 0 aliphatic heterocycles. The van der Waals surface area contributed by atoms with Gasteiger partial charge in [-0.05, 0) is 44.0 Å². The van der Waals surface area contributed by atoms with Crippen LogP contribution in [0.15, 0.2) is 23.2 Å². The average Bonchev–Trinajstić information content (AvgIpc) is 2.88. The normalized spacial score (nSPS) is 11.0. The van der Waals surface area contributed by atoms with Crippen molar-refractivity contribution in [3.63, 3.8) is 0 Å². The maximum atomic E-state index is 5.31. The van der Waals surface area contributed by atoms with Crippen LogP contribution in [0.4, 0.5) is 0 Å². The summed E-state index contributed by atoms with van der Waals surface area (Å²) in [5.41, 5.74) is 3.48. The molecule has 0 aliphatic carbocycles. The van der Waals surface area contributed by atoms with Gasteiger partial charge in [-0.1, -0.05) is 6.07 Å². The molecule has 1 aromatic carbocycles. The van der Waals surface area contributed by atoms with Crippen LogP contribution in [0.2, 0.25) is 0 Å².